The van der Waals surface area contributed by atoms with Crippen molar-refractivity contribution in [2.24, 2.45) is 9.98 Å². The molecule has 2 aliphatic heterocycles. The van der Waals surface area contributed by atoms with Crippen molar-refractivity contribution in [1.29, 1.82) is 0 Å². The van der Waals surface area contributed by atoms with Gasteiger partial charge in [0.25, 0.3) is 0 Å². The van der Waals surface area contributed by atoms with Crippen LogP contribution >= 0.6 is 15.9 Å². The Morgan fingerprint density at radius 1 is 1.08 bits per heavy atom. The predicted octanol–water partition coefficient (Wildman–Crippen LogP) is 4.84. The summed E-state index contributed by atoms with van der Waals surface area (Å²) >= 11 is 3.54. The summed E-state index contributed by atoms with van der Waals surface area (Å²) in [5, 5.41) is 3.09. The van der Waals surface area contributed by atoms with E-state index in [1.165, 1.54) is 12.1 Å². The van der Waals surface area contributed by atoms with Crippen LogP contribution in [0.5, 0.6) is 0 Å². The fourth-order valence-corrected chi connectivity index (χ4v) is 3.43. The molecular weight excluding hydrogens is 397 g/mol. The van der Waals surface area contributed by atoms with E-state index in [0.29, 0.717) is 23.9 Å². The van der Waals surface area contributed by atoms with E-state index in [4.69, 9.17) is 0 Å². The Balaban J connectivity index is 1.68. The third kappa shape index (κ3) is 2.90. The zero-order chi connectivity index (χ0) is 17.6. The molecule has 0 unspecified atom stereocenters. The molecular formula is C17H12BrF3N4. The molecule has 4 nitrogen and oxygen atoms in total. The van der Waals surface area contributed by atoms with Gasteiger partial charge in [0.05, 0.1) is 23.5 Å². The van der Waals surface area contributed by atoms with Crippen LogP contribution in [0, 0.1) is 0 Å². The predicted molar refractivity (Wildman–Crippen MR) is 96.0 cm³/mol. The smallest absolute Gasteiger partial charge is 0.337 e. The molecule has 0 amide bonds. The second-order valence-electron chi connectivity index (χ2n) is 5.63. The molecule has 1 N–H and O–H groups in total. The maximum Gasteiger partial charge on any atom is 0.416 e. The van der Waals surface area contributed by atoms with Crippen LogP contribution in [0.4, 0.5) is 30.2 Å². The van der Waals surface area contributed by atoms with Gasteiger partial charge in [0.1, 0.15) is 0 Å². The monoisotopic (exact) mass is 408 g/mol. The second kappa shape index (κ2) is 5.87. The summed E-state index contributed by atoms with van der Waals surface area (Å²) in [7, 11) is 0. The zero-order valence-corrected chi connectivity index (χ0v) is 14.4. The molecule has 0 saturated carbocycles. The quantitative estimate of drug-likeness (QED) is 0.732. The second-order valence-corrected chi connectivity index (χ2v) is 6.48. The third-order valence-electron chi connectivity index (χ3n) is 4.00. The highest BCUT2D eigenvalue weighted by Gasteiger charge is 2.32. The standard InChI is InChI=1S/C17H12BrF3N4/c18-12-2-1-3-13-14(12)25-9-8-22-16(25)15(24-13)23-11-6-4-10(5-7-11)17(19,20)21/h1-7H,8-9H2,(H,23,24). The molecule has 0 saturated heterocycles. The number of nitrogens with one attached hydrogen (secondary N) is 1. The number of benzene rings is 2. The summed E-state index contributed by atoms with van der Waals surface area (Å²) in [5.74, 6) is 1.22. The fraction of sp³-hybridized carbons (Fsp3) is 0.176. The van der Waals surface area contributed by atoms with Crippen molar-refractivity contribution in [3.8, 4) is 0 Å². The summed E-state index contributed by atoms with van der Waals surface area (Å²) in [5.41, 5.74) is 1.58. The summed E-state index contributed by atoms with van der Waals surface area (Å²) in [4.78, 5) is 11.1. The van der Waals surface area contributed by atoms with Crippen molar-refractivity contribution in [2.45, 2.75) is 6.18 Å². The average molecular weight is 409 g/mol. The van der Waals surface area contributed by atoms with Gasteiger partial charge in [-0.25, -0.2) is 4.99 Å². The molecule has 2 aromatic carbocycles. The number of hydrogen-bond acceptors (Lipinski definition) is 4. The number of alkyl halides is 3. The van der Waals surface area contributed by atoms with Gasteiger partial charge in [-0.3, -0.25) is 4.99 Å². The van der Waals surface area contributed by atoms with E-state index >= 15 is 0 Å². The van der Waals surface area contributed by atoms with Crippen molar-refractivity contribution in [3.63, 3.8) is 0 Å². The lowest BCUT2D eigenvalue weighted by molar-refractivity contribution is -0.137. The lowest BCUT2D eigenvalue weighted by Gasteiger charge is -2.28. The molecule has 8 heteroatoms. The molecule has 128 valence electrons. The van der Waals surface area contributed by atoms with E-state index in [2.05, 4.69) is 36.1 Å². The third-order valence-corrected chi connectivity index (χ3v) is 4.64. The Morgan fingerprint density at radius 2 is 1.84 bits per heavy atom. The van der Waals surface area contributed by atoms with Crippen LogP contribution in [-0.2, 0) is 6.18 Å². The molecule has 0 aliphatic carbocycles. The number of halogens is 4. The van der Waals surface area contributed by atoms with Crippen LogP contribution in [-0.4, -0.2) is 24.8 Å². The van der Waals surface area contributed by atoms with Crippen LogP contribution in [0.25, 0.3) is 0 Å². The number of para-hydroxylation sites is 1. The minimum absolute atomic E-state index is 0.528. The number of fused-ring (bicyclic) bond motifs is 3. The molecule has 2 aromatic rings. The van der Waals surface area contributed by atoms with E-state index in [1.807, 2.05) is 18.2 Å². The van der Waals surface area contributed by atoms with Crippen molar-refractivity contribution in [2.75, 3.05) is 23.3 Å². The molecule has 0 fully saturated rings. The summed E-state index contributed by atoms with van der Waals surface area (Å²) in [6.07, 6.45) is -4.35. The molecule has 4 rings (SSSR count). The number of anilines is 2. The van der Waals surface area contributed by atoms with Crippen molar-refractivity contribution >= 4 is 44.7 Å². The topological polar surface area (TPSA) is 40.0 Å². The first-order chi connectivity index (χ1) is 11.9. The van der Waals surface area contributed by atoms with Crippen LogP contribution in [0.1, 0.15) is 5.56 Å². The summed E-state index contributed by atoms with van der Waals surface area (Å²) in [6, 6.07) is 10.6. The Hall–Kier alpha value is -2.35. The molecule has 25 heavy (non-hydrogen) atoms. The van der Waals surface area contributed by atoms with E-state index < -0.39 is 11.7 Å². The molecule has 0 aromatic heterocycles. The van der Waals surface area contributed by atoms with Gasteiger partial charge >= 0.3 is 6.18 Å². The van der Waals surface area contributed by atoms with Crippen LogP contribution < -0.4 is 10.2 Å². The van der Waals surface area contributed by atoms with Crippen molar-refractivity contribution < 1.29 is 13.2 Å². The highest BCUT2D eigenvalue weighted by Crippen LogP contribution is 2.40. The van der Waals surface area contributed by atoms with E-state index in [1.54, 1.807) is 0 Å². The van der Waals surface area contributed by atoms with Crippen molar-refractivity contribution in [3.05, 3.63) is 52.5 Å². The van der Waals surface area contributed by atoms with E-state index in [-0.39, 0.29) is 0 Å². The highest BCUT2D eigenvalue weighted by atomic mass is 79.9. The number of rotatable bonds is 1. The molecule has 0 bridgehead atoms. The normalized spacial score (nSPS) is 16.1. The first-order valence-corrected chi connectivity index (χ1v) is 8.36. The van der Waals surface area contributed by atoms with Gasteiger partial charge in [0.15, 0.2) is 11.7 Å². The van der Waals surface area contributed by atoms with Gasteiger partial charge in [0.2, 0.25) is 0 Å². The maximum atomic E-state index is 12.7. The first-order valence-electron chi connectivity index (χ1n) is 7.57. The van der Waals surface area contributed by atoms with E-state index in [0.717, 1.165) is 34.5 Å². The average Bonchev–Trinajstić information content (AvgIpc) is 3.04. The van der Waals surface area contributed by atoms with Crippen LogP contribution in [0.15, 0.2) is 56.9 Å². The Morgan fingerprint density at radius 3 is 2.56 bits per heavy atom. The first kappa shape index (κ1) is 16.1. The zero-order valence-electron chi connectivity index (χ0n) is 12.8. The van der Waals surface area contributed by atoms with Crippen LogP contribution in [0.3, 0.4) is 0 Å². The maximum absolute atomic E-state index is 12.7. The Bertz CT molecular complexity index is 888. The van der Waals surface area contributed by atoms with Gasteiger partial charge in [0, 0.05) is 16.7 Å². The molecule has 0 atom stereocenters. The van der Waals surface area contributed by atoms with Crippen LogP contribution in [0.2, 0.25) is 0 Å². The number of hydrogen-bond donors (Lipinski definition) is 1. The number of nitrogens with zero attached hydrogens (tertiary/aromatic N) is 3. The van der Waals surface area contributed by atoms with Gasteiger partial charge in [-0.2, -0.15) is 13.2 Å². The lowest BCUT2D eigenvalue weighted by atomic mass is 10.2. The molecule has 2 aliphatic rings. The minimum atomic E-state index is -4.35. The van der Waals surface area contributed by atoms with Gasteiger partial charge < -0.3 is 10.2 Å². The summed E-state index contributed by atoms with van der Waals surface area (Å²) in [6.45, 7) is 1.38. The largest absolute Gasteiger partial charge is 0.416 e. The number of amidine groups is 2. The summed E-state index contributed by atoms with van der Waals surface area (Å²) < 4.78 is 39.0. The van der Waals surface area contributed by atoms with Gasteiger partial charge in [-0.1, -0.05) is 6.07 Å². The Kier molecular flexibility index (Phi) is 3.79. The highest BCUT2D eigenvalue weighted by molar-refractivity contribution is 9.10. The molecule has 0 spiro atoms. The Labute approximate surface area is 150 Å². The fourth-order valence-electron chi connectivity index (χ4n) is 2.86. The van der Waals surface area contributed by atoms with Crippen molar-refractivity contribution in [1.82, 2.24) is 0 Å². The van der Waals surface area contributed by atoms with Gasteiger partial charge in [-0.05, 0) is 52.3 Å². The van der Waals surface area contributed by atoms with E-state index in [9.17, 15) is 13.2 Å². The van der Waals surface area contributed by atoms with Gasteiger partial charge in [-0.15, -0.1) is 0 Å². The SMILES string of the molecule is FC(F)(F)c1ccc(NC2=Nc3cccc(Br)c3N3CCN=C23)cc1. The molecule has 2 heterocycles. The lowest BCUT2D eigenvalue weighted by Crippen LogP contribution is -2.39. The minimum Gasteiger partial charge on any atom is -0.337 e. The molecule has 0 radical (unpaired) electrons. The number of aliphatic imine (C=N–C) groups is 2.